The average Bonchev–Trinajstić information content (AvgIpc) is 2.93. The molecule has 0 amide bonds. The molecule has 0 spiro atoms. The molecule has 0 radical (unpaired) electrons. The van der Waals surface area contributed by atoms with Gasteiger partial charge in [0.15, 0.2) is 11.4 Å². The van der Waals surface area contributed by atoms with Gasteiger partial charge in [0, 0.05) is 4.75 Å². The van der Waals surface area contributed by atoms with E-state index in [-0.39, 0.29) is 0 Å². The first-order valence-corrected chi connectivity index (χ1v) is 6.50. The first-order valence-electron chi connectivity index (χ1n) is 4.05. The van der Waals surface area contributed by atoms with E-state index in [1.807, 2.05) is 24.2 Å². The van der Waals surface area contributed by atoms with Crippen molar-refractivity contribution >= 4 is 28.7 Å². The van der Waals surface area contributed by atoms with Crippen molar-refractivity contribution in [2.45, 2.75) is 17.6 Å². The van der Waals surface area contributed by atoms with Gasteiger partial charge in [-0.05, 0) is 25.4 Å². The molecule has 1 aliphatic rings. The third kappa shape index (κ3) is 3.12. The van der Waals surface area contributed by atoms with Crippen LogP contribution in [-0.2, 0) is 0 Å². The summed E-state index contributed by atoms with van der Waals surface area (Å²) in [6, 6.07) is 0. The Balaban J connectivity index is 2.41. The van der Waals surface area contributed by atoms with Crippen LogP contribution >= 0.6 is 23.5 Å². The first-order chi connectivity index (χ1) is 6.26. The highest BCUT2D eigenvalue weighted by atomic mass is 32.2. The zero-order valence-corrected chi connectivity index (χ0v) is 9.47. The third-order valence-corrected chi connectivity index (χ3v) is 4.13. The lowest BCUT2D eigenvalue weighted by atomic mass is 10.4. The second-order valence-corrected chi connectivity index (χ2v) is 5.02. The number of amidine groups is 1. The van der Waals surface area contributed by atoms with Crippen molar-refractivity contribution in [3.8, 4) is 6.19 Å². The van der Waals surface area contributed by atoms with Crippen LogP contribution in [0.4, 0.5) is 0 Å². The van der Waals surface area contributed by atoms with Crippen molar-refractivity contribution in [2.75, 3.05) is 19.1 Å². The minimum absolute atomic E-state index is 0.387. The van der Waals surface area contributed by atoms with Gasteiger partial charge in [-0.25, -0.2) is 0 Å². The number of thioether (sulfide) groups is 2. The van der Waals surface area contributed by atoms with Gasteiger partial charge in [-0.3, -0.25) is 10.3 Å². The molecule has 0 atom stereocenters. The third-order valence-electron chi connectivity index (χ3n) is 2.11. The van der Waals surface area contributed by atoms with E-state index in [1.54, 1.807) is 0 Å². The fourth-order valence-electron chi connectivity index (χ4n) is 0.985. The van der Waals surface area contributed by atoms with Crippen molar-refractivity contribution in [1.82, 2.24) is 5.32 Å². The molecule has 0 aromatic carbocycles. The molecule has 0 aliphatic heterocycles. The smallest absolute Gasteiger partial charge is 0.183 e. The van der Waals surface area contributed by atoms with E-state index in [4.69, 9.17) is 5.26 Å². The van der Waals surface area contributed by atoms with Gasteiger partial charge in [0.25, 0.3) is 0 Å². The van der Waals surface area contributed by atoms with Crippen LogP contribution in [0.3, 0.4) is 0 Å². The summed E-state index contributed by atoms with van der Waals surface area (Å²) in [7, 11) is 0. The lowest BCUT2D eigenvalue weighted by Gasteiger charge is -2.08. The SMILES string of the molecule is CSC(=NCC1(SC)CC1)NC#N. The molecule has 0 bridgehead atoms. The normalized spacial score (nSPS) is 19.3. The monoisotopic (exact) mass is 215 g/mol. The van der Waals surface area contributed by atoms with Crippen LogP contribution in [0.15, 0.2) is 4.99 Å². The Morgan fingerprint density at radius 3 is 2.69 bits per heavy atom. The molecule has 1 aliphatic carbocycles. The fraction of sp³-hybridized carbons (Fsp3) is 0.750. The Kier molecular flexibility index (Phi) is 3.94. The van der Waals surface area contributed by atoms with Gasteiger partial charge < -0.3 is 0 Å². The number of nitriles is 1. The van der Waals surface area contributed by atoms with Gasteiger partial charge in [-0.15, -0.1) is 0 Å². The number of nitrogens with zero attached hydrogens (tertiary/aromatic N) is 2. The van der Waals surface area contributed by atoms with Crippen LogP contribution in [-0.4, -0.2) is 29.0 Å². The van der Waals surface area contributed by atoms with Crippen LogP contribution in [0.1, 0.15) is 12.8 Å². The van der Waals surface area contributed by atoms with E-state index < -0.39 is 0 Å². The van der Waals surface area contributed by atoms with Crippen molar-refractivity contribution < 1.29 is 0 Å². The van der Waals surface area contributed by atoms with Gasteiger partial charge in [-0.2, -0.15) is 17.0 Å². The summed E-state index contributed by atoms with van der Waals surface area (Å²) >= 11 is 3.36. The van der Waals surface area contributed by atoms with E-state index in [0.29, 0.717) is 4.75 Å². The van der Waals surface area contributed by atoms with E-state index >= 15 is 0 Å². The minimum Gasteiger partial charge on any atom is -0.272 e. The van der Waals surface area contributed by atoms with Gasteiger partial charge in [0.05, 0.1) is 6.54 Å². The molecule has 72 valence electrons. The van der Waals surface area contributed by atoms with Crippen molar-refractivity contribution in [1.29, 1.82) is 5.26 Å². The summed E-state index contributed by atoms with van der Waals surface area (Å²) in [4.78, 5) is 4.36. The van der Waals surface area contributed by atoms with E-state index in [1.165, 1.54) is 24.6 Å². The molecule has 1 saturated carbocycles. The predicted molar refractivity (Wildman–Crippen MR) is 60.0 cm³/mol. The summed E-state index contributed by atoms with van der Waals surface area (Å²) < 4.78 is 0.387. The van der Waals surface area contributed by atoms with Crippen LogP contribution in [0, 0.1) is 11.5 Å². The molecule has 0 saturated heterocycles. The maximum absolute atomic E-state index is 8.41. The Morgan fingerprint density at radius 2 is 2.31 bits per heavy atom. The lowest BCUT2D eigenvalue weighted by Crippen LogP contribution is -2.17. The van der Waals surface area contributed by atoms with Gasteiger partial charge in [0.1, 0.15) is 0 Å². The zero-order valence-electron chi connectivity index (χ0n) is 7.83. The molecule has 13 heavy (non-hydrogen) atoms. The molecule has 0 unspecified atom stereocenters. The number of aliphatic imine (C=N–C) groups is 1. The predicted octanol–water partition coefficient (Wildman–Crippen LogP) is 1.67. The zero-order chi connectivity index (χ0) is 9.73. The van der Waals surface area contributed by atoms with Crippen LogP contribution in [0.25, 0.3) is 0 Å². The second kappa shape index (κ2) is 4.77. The molecule has 0 heterocycles. The quantitative estimate of drug-likeness (QED) is 0.337. The molecule has 1 rings (SSSR count). The Morgan fingerprint density at radius 1 is 1.62 bits per heavy atom. The molecule has 0 aromatic heterocycles. The van der Waals surface area contributed by atoms with Crippen LogP contribution in [0.2, 0.25) is 0 Å². The number of rotatable bonds is 3. The van der Waals surface area contributed by atoms with E-state index in [9.17, 15) is 0 Å². The Hall–Kier alpha value is -0.340. The fourth-order valence-corrected chi connectivity index (χ4v) is 2.03. The molecule has 5 heteroatoms. The highest BCUT2D eigenvalue weighted by Gasteiger charge is 2.41. The first kappa shape index (κ1) is 10.7. The summed E-state index contributed by atoms with van der Waals surface area (Å²) in [5.41, 5.74) is 0. The average molecular weight is 215 g/mol. The molecular weight excluding hydrogens is 202 g/mol. The maximum atomic E-state index is 8.41. The van der Waals surface area contributed by atoms with Gasteiger partial charge in [-0.1, -0.05) is 11.8 Å². The van der Waals surface area contributed by atoms with Crippen molar-refractivity contribution in [2.24, 2.45) is 4.99 Å². The standard InChI is InChI=1S/C8H13N3S2/c1-12-7(11-6-9)10-5-8(13-2)3-4-8/h3-5H2,1-2H3,(H,10,11). The molecule has 1 fully saturated rings. The summed E-state index contributed by atoms with van der Waals surface area (Å²) in [6.45, 7) is 0.832. The van der Waals surface area contributed by atoms with Crippen molar-refractivity contribution in [3.05, 3.63) is 0 Å². The molecular formula is C8H13N3S2. The van der Waals surface area contributed by atoms with Gasteiger partial charge in [0.2, 0.25) is 0 Å². The highest BCUT2D eigenvalue weighted by Crippen LogP contribution is 2.47. The van der Waals surface area contributed by atoms with Gasteiger partial charge >= 0.3 is 0 Å². The highest BCUT2D eigenvalue weighted by molar-refractivity contribution is 8.13. The van der Waals surface area contributed by atoms with E-state index in [2.05, 4.69) is 16.6 Å². The largest absolute Gasteiger partial charge is 0.272 e. The number of hydrogen-bond acceptors (Lipinski definition) is 4. The topological polar surface area (TPSA) is 48.2 Å². The number of hydrogen-bond donors (Lipinski definition) is 1. The summed E-state index contributed by atoms with van der Waals surface area (Å²) in [5, 5.41) is 11.7. The van der Waals surface area contributed by atoms with Crippen LogP contribution < -0.4 is 5.32 Å². The lowest BCUT2D eigenvalue weighted by molar-refractivity contribution is 0.901. The summed E-state index contributed by atoms with van der Waals surface area (Å²) in [6.07, 6.45) is 8.44. The minimum atomic E-state index is 0.387. The molecule has 0 aromatic rings. The summed E-state index contributed by atoms with van der Waals surface area (Å²) in [5.74, 6) is 0. The Bertz CT molecular complexity index is 240. The second-order valence-electron chi connectivity index (χ2n) is 2.95. The molecule has 1 N–H and O–H groups in total. The number of nitrogens with one attached hydrogen (secondary N) is 1. The van der Waals surface area contributed by atoms with Crippen molar-refractivity contribution in [3.63, 3.8) is 0 Å². The molecule has 3 nitrogen and oxygen atoms in total. The van der Waals surface area contributed by atoms with Crippen LogP contribution in [0.5, 0.6) is 0 Å². The Labute approximate surface area is 87.4 Å². The maximum Gasteiger partial charge on any atom is 0.183 e. The van der Waals surface area contributed by atoms with E-state index in [0.717, 1.165) is 11.7 Å².